The number of nitrogens with zero attached hydrogens (tertiary/aromatic N) is 2. The molecule has 0 fully saturated rings. The van der Waals surface area contributed by atoms with Crippen molar-refractivity contribution in [1.82, 2.24) is 15.0 Å². The summed E-state index contributed by atoms with van der Waals surface area (Å²) in [6, 6.07) is 1.95. The summed E-state index contributed by atoms with van der Waals surface area (Å²) < 4.78 is 0. The van der Waals surface area contributed by atoms with Gasteiger partial charge in [0.2, 0.25) is 0 Å². The zero-order chi connectivity index (χ0) is 9.80. The Balaban J connectivity index is 2.31. The molecule has 70 valence electrons. The molecule has 2 aromatic heterocycles. The molecule has 0 aliphatic rings. The normalized spacial score (nSPS) is 9.79. The van der Waals surface area contributed by atoms with Gasteiger partial charge >= 0.3 is 0 Å². The van der Waals surface area contributed by atoms with E-state index in [0.29, 0.717) is 0 Å². The molecule has 4 heteroatoms. The average molecular weight is 250 g/mol. The first-order valence-corrected chi connectivity index (χ1v) is 5.36. The topological polar surface area (TPSA) is 41.6 Å². The van der Waals surface area contributed by atoms with Crippen molar-refractivity contribution in [2.75, 3.05) is 5.33 Å². The molecule has 14 heavy (non-hydrogen) atoms. The van der Waals surface area contributed by atoms with Crippen LogP contribution in [0.2, 0.25) is 0 Å². The van der Waals surface area contributed by atoms with Gasteiger partial charge in [-0.15, -0.1) is 0 Å². The molecule has 2 aromatic rings. The minimum Gasteiger partial charge on any atom is -0.343 e. The maximum atomic E-state index is 4.16. The van der Waals surface area contributed by atoms with Crippen LogP contribution in [0.4, 0.5) is 0 Å². The molecular formula is C10H8BrN3. The minimum atomic E-state index is 0.732. The van der Waals surface area contributed by atoms with Crippen LogP contribution in [0.25, 0.3) is 11.2 Å². The number of fused-ring (bicyclic) bond motifs is 1. The van der Waals surface area contributed by atoms with Crippen LogP contribution in [0.5, 0.6) is 0 Å². The van der Waals surface area contributed by atoms with Crippen LogP contribution >= 0.6 is 15.9 Å². The molecule has 0 aromatic carbocycles. The van der Waals surface area contributed by atoms with Crippen LogP contribution in [0.3, 0.4) is 0 Å². The number of H-pyrrole nitrogens is 1. The molecule has 0 radical (unpaired) electrons. The van der Waals surface area contributed by atoms with Gasteiger partial charge in [0.1, 0.15) is 0 Å². The van der Waals surface area contributed by atoms with Crippen molar-refractivity contribution in [1.29, 1.82) is 0 Å². The van der Waals surface area contributed by atoms with Gasteiger partial charge in [0, 0.05) is 23.5 Å². The molecular weight excluding hydrogens is 242 g/mol. The zero-order valence-electron chi connectivity index (χ0n) is 7.42. The molecule has 0 unspecified atom stereocenters. The Morgan fingerprint density at radius 3 is 3.21 bits per heavy atom. The van der Waals surface area contributed by atoms with E-state index in [4.69, 9.17) is 0 Å². The fourth-order valence-electron chi connectivity index (χ4n) is 1.11. The quantitative estimate of drug-likeness (QED) is 0.622. The molecule has 2 heterocycles. The average Bonchev–Trinajstić information content (AvgIpc) is 2.65. The predicted octanol–water partition coefficient (Wildman–Crippen LogP) is 2.09. The minimum absolute atomic E-state index is 0.732. The molecule has 0 aliphatic carbocycles. The van der Waals surface area contributed by atoms with Crippen LogP contribution in [-0.4, -0.2) is 20.3 Å². The second-order valence-corrected chi connectivity index (χ2v) is 3.53. The van der Waals surface area contributed by atoms with E-state index in [0.717, 1.165) is 28.5 Å². The highest BCUT2D eigenvalue weighted by Gasteiger charge is 1.96. The number of hydrogen-bond donors (Lipinski definition) is 1. The molecule has 2 rings (SSSR count). The van der Waals surface area contributed by atoms with Gasteiger partial charge in [-0.25, -0.2) is 9.97 Å². The number of alkyl halides is 1. The van der Waals surface area contributed by atoms with E-state index < -0.39 is 0 Å². The van der Waals surface area contributed by atoms with E-state index in [-0.39, 0.29) is 0 Å². The first-order chi connectivity index (χ1) is 6.90. The van der Waals surface area contributed by atoms with E-state index in [1.54, 1.807) is 12.5 Å². The van der Waals surface area contributed by atoms with Crippen molar-refractivity contribution in [3.8, 4) is 11.8 Å². The summed E-state index contributed by atoms with van der Waals surface area (Å²) in [5.41, 5.74) is 2.58. The summed E-state index contributed by atoms with van der Waals surface area (Å²) in [6.45, 7) is 0. The van der Waals surface area contributed by atoms with Crippen molar-refractivity contribution in [3.05, 3.63) is 24.2 Å². The molecule has 0 amide bonds. The summed E-state index contributed by atoms with van der Waals surface area (Å²) in [7, 11) is 0. The van der Waals surface area contributed by atoms with Crippen molar-refractivity contribution >= 4 is 27.1 Å². The number of nitrogens with one attached hydrogen (secondary N) is 1. The Morgan fingerprint density at radius 1 is 1.43 bits per heavy atom. The van der Waals surface area contributed by atoms with Crippen LogP contribution in [0, 0.1) is 11.8 Å². The molecule has 3 nitrogen and oxygen atoms in total. The molecule has 0 aliphatic heterocycles. The van der Waals surface area contributed by atoms with Gasteiger partial charge in [-0.05, 0) is 6.07 Å². The standard InChI is InChI=1S/C10H8BrN3/c11-4-2-1-3-8-5-9-10(12-6-8)14-7-13-9/h5-7H,2,4H2,(H,12,13,14). The number of aromatic nitrogens is 3. The van der Waals surface area contributed by atoms with E-state index in [2.05, 4.69) is 42.7 Å². The number of rotatable bonds is 1. The molecule has 0 bridgehead atoms. The Kier molecular flexibility index (Phi) is 2.80. The van der Waals surface area contributed by atoms with E-state index in [1.807, 2.05) is 6.07 Å². The van der Waals surface area contributed by atoms with E-state index in [9.17, 15) is 0 Å². The first-order valence-electron chi connectivity index (χ1n) is 4.24. The zero-order valence-corrected chi connectivity index (χ0v) is 9.00. The van der Waals surface area contributed by atoms with E-state index >= 15 is 0 Å². The smallest absolute Gasteiger partial charge is 0.177 e. The number of aromatic amines is 1. The SMILES string of the molecule is BrCCC#Cc1cnc2nc[nH]c2c1. The van der Waals surface area contributed by atoms with Gasteiger partial charge in [-0.3, -0.25) is 0 Å². The third kappa shape index (κ3) is 1.94. The summed E-state index contributed by atoms with van der Waals surface area (Å²) in [5.74, 6) is 6.07. The first kappa shape index (κ1) is 9.22. The third-order valence-electron chi connectivity index (χ3n) is 1.73. The maximum absolute atomic E-state index is 4.16. The molecule has 0 saturated heterocycles. The summed E-state index contributed by atoms with van der Waals surface area (Å²) >= 11 is 3.32. The summed E-state index contributed by atoms with van der Waals surface area (Å²) in [4.78, 5) is 11.2. The Bertz CT molecular complexity index is 493. The van der Waals surface area contributed by atoms with Crippen molar-refractivity contribution < 1.29 is 0 Å². The van der Waals surface area contributed by atoms with Gasteiger partial charge in [0.15, 0.2) is 5.65 Å². The summed E-state index contributed by atoms with van der Waals surface area (Å²) in [6.07, 6.45) is 4.22. The highest BCUT2D eigenvalue weighted by atomic mass is 79.9. The maximum Gasteiger partial charge on any atom is 0.177 e. The third-order valence-corrected chi connectivity index (χ3v) is 2.12. The van der Waals surface area contributed by atoms with Crippen LogP contribution in [-0.2, 0) is 0 Å². The van der Waals surface area contributed by atoms with E-state index in [1.165, 1.54) is 0 Å². The molecule has 0 atom stereocenters. The monoisotopic (exact) mass is 249 g/mol. The second kappa shape index (κ2) is 4.25. The van der Waals surface area contributed by atoms with Crippen molar-refractivity contribution in [3.63, 3.8) is 0 Å². The van der Waals surface area contributed by atoms with Gasteiger partial charge in [0.05, 0.1) is 11.8 Å². The lowest BCUT2D eigenvalue weighted by Crippen LogP contribution is -1.80. The van der Waals surface area contributed by atoms with Crippen LogP contribution in [0.1, 0.15) is 12.0 Å². The number of pyridine rings is 1. The fraction of sp³-hybridized carbons (Fsp3) is 0.200. The fourth-order valence-corrected chi connectivity index (χ4v) is 1.31. The lowest BCUT2D eigenvalue weighted by Gasteiger charge is -1.89. The molecule has 1 N–H and O–H groups in total. The lowest BCUT2D eigenvalue weighted by molar-refractivity contribution is 1.29. The Hall–Kier alpha value is -1.34. The highest BCUT2D eigenvalue weighted by Crippen LogP contribution is 2.06. The van der Waals surface area contributed by atoms with Gasteiger partial charge in [-0.1, -0.05) is 27.8 Å². The number of imidazole rings is 1. The van der Waals surface area contributed by atoms with Gasteiger partial charge in [-0.2, -0.15) is 0 Å². The van der Waals surface area contributed by atoms with Crippen LogP contribution in [0.15, 0.2) is 18.6 Å². The lowest BCUT2D eigenvalue weighted by atomic mass is 10.2. The van der Waals surface area contributed by atoms with Crippen LogP contribution < -0.4 is 0 Å². The summed E-state index contributed by atoms with van der Waals surface area (Å²) in [5, 5.41) is 0.903. The van der Waals surface area contributed by atoms with Crippen molar-refractivity contribution in [2.45, 2.75) is 6.42 Å². The van der Waals surface area contributed by atoms with Gasteiger partial charge < -0.3 is 4.98 Å². The largest absolute Gasteiger partial charge is 0.343 e. The second-order valence-electron chi connectivity index (χ2n) is 2.74. The number of halogens is 1. The Morgan fingerprint density at radius 2 is 2.36 bits per heavy atom. The highest BCUT2D eigenvalue weighted by molar-refractivity contribution is 9.09. The molecule has 0 saturated carbocycles. The number of hydrogen-bond acceptors (Lipinski definition) is 2. The Labute approximate surface area is 90.1 Å². The molecule has 0 spiro atoms. The predicted molar refractivity (Wildman–Crippen MR) is 59.2 cm³/mol. The van der Waals surface area contributed by atoms with Crippen molar-refractivity contribution in [2.24, 2.45) is 0 Å². The van der Waals surface area contributed by atoms with Gasteiger partial charge in [0.25, 0.3) is 0 Å².